The first-order valence-corrected chi connectivity index (χ1v) is 6.74. The normalized spacial score (nSPS) is 25.1. The zero-order valence-electron chi connectivity index (χ0n) is 10.3. The van der Waals surface area contributed by atoms with Crippen LogP contribution in [0.5, 0.6) is 0 Å². The molecule has 1 aromatic rings. The summed E-state index contributed by atoms with van der Waals surface area (Å²) in [4.78, 5) is 0. The molecule has 1 N–H and O–H groups in total. The third kappa shape index (κ3) is 2.53. The standard InChI is InChI=1S/C13H21N3O/c1-2-4-11(3-1)9-17-10-13-8-14-7-12-5-6-15-16(12)13/h5-6,11,13-14H,1-4,7-10H2/t13-/m0/s1. The molecular formula is C13H21N3O. The Balaban J connectivity index is 1.49. The molecule has 0 saturated heterocycles. The second-order valence-corrected chi connectivity index (χ2v) is 5.24. The fourth-order valence-electron chi connectivity index (χ4n) is 2.94. The van der Waals surface area contributed by atoms with Gasteiger partial charge in [-0.15, -0.1) is 0 Å². The highest BCUT2D eigenvalue weighted by atomic mass is 16.5. The van der Waals surface area contributed by atoms with Crippen LogP contribution in [0, 0.1) is 5.92 Å². The van der Waals surface area contributed by atoms with E-state index in [9.17, 15) is 0 Å². The van der Waals surface area contributed by atoms with Crippen molar-refractivity contribution in [3.63, 3.8) is 0 Å². The second-order valence-electron chi connectivity index (χ2n) is 5.24. The molecule has 0 spiro atoms. The Morgan fingerprint density at radius 2 is 2.24 bits per heavy atom. The zero-order chi connectivity index (χ0) is 11.5. The lowest BCUT2D eigenvalue weighted by molar-refractivity contribution is 0.0679. The van der Waals surface area contributed by atoms with Gasteiger partial charge in [-0.25, -0.2) is 0 Å². The van der Waals surface area contributed by atoms with Crippen LogP contribution in [-0.2, 0) is 11.3 Å². The van der Waals surface area contributed by atoms with Gasteiger partial charge < -0.3 is 10.1 Å². The lowest BCUT2D eigenvalue weighted by Gasteiger charge is -2.25. The summed E-state index contributed by atoms with van der Waals surface area (Å²) in [5.41, 5.74) is 1.27. The van der Waals surface area contributed by atoms with Crippen molar-refractivity contribution < 1.29 is 4.74 Å². The van der Waals surface area contributed by atoms with E-state index in [1.54, 1.807) is 0 Å². The number of hydrogen-bond donors (Lipinski definition) is 1. The first-order valence-electron chi connectivity index (χ1n) is 6.74. The molecule has 17 heavy (non-hydrogen) atoms. The summed E-state index contributed by atoms with van der Waals surface area (Å²) in [5.74, 6) is 0.809. The monoisotopic (exact) mass is 235 g/mol. The zero-order valence-corrected chi connectivity index (χ0v) is 10.3. The van der Waals surface area contributed by atoms with Crippen LogP contribution in [0.4, 0.5) is 0 Å². The minimum Gasteiger partial charge on any atom is -0.379 e. The number of ether oxygens (including phenoxy) is 1. The van der Waals surface area contributed by atoms with E-state index in [2.05, 4.69) is 21.2 Å². The maximum atomic E-state index is 5.88. The number of fused-ring (bicyclic) bond motifs is 1. The largest absolute Gasteiger partial charge is 0.379 e. The molecule has 1 aliphatic heterocycles. The van der Waals surface area contributed by atoms with E-state index >= 15 is 0 Å². The smallest absolute Gasteiger partial charge is 0.0880 e. The minimum absolute atomic E-state index is 0.371. The maximum absolute atomic E-state index is 5.88. The molecule has 1 aromatic heterocycles. The number of aromatic nitrogens is 2. The predicted octanol–water partition coefficient (Wildman–Crippen LogP) is 1.73. The third-order valence-corrected chi connectivity index (χ3v) is 3.92. The van der Waals surface area contributed by atoms with E-state index in [0.29, 0.717) is 6.04 Å². The SMILES string of the molecule is c1cc2n(n1)[C@H](COCC1CCCC1)CNC2. The Bertz CT molecular complexity index is 357. The Labute approximate surface area is 102 Å². The van der Waals surface area contributed by atoms with Crippen molar-refractivity contribution in [3.8, 4) is 0 Å². The quantitative estimate of drug-likeness (QED) is 0.864. The highest BCUT2D eigenvalue weighted by molar-refractivity contribution is 5.04. The van der Waals surface area contributed by atoms with Gasteiger partial charge >= 0.3 is 0 Å². The summed E-state index contributed by atoms with van der Waals surface area (Å²) in [7, 11) is 0. The summed E-state index contributed by atoms with van der Waals surface area (Å²) >= 11 is 0. The van der Waals surface area contributed by atoms with Gasteiger partial charge in [0.15, 0.2) is 0 Å². The molecule has 1 fully saturated rings. The van der Waals surface area contributed by atoms with E-state index in [1.165, 1.54) is 31.4 Å². The molecule has 0 unspecified atom stereocenters. The molecular weight excluding hydrogens is 214 g/mol. The average molecular weight is 235 g/mol. The van der Waals surface area contributed by atoms with Crippen LogP contribution in [0.2, 0.25) is 0 Å². The molecule has 4 nitrogen and oxygen atoms in total. The van der Waals surface area contributed by atoms with E-state index in [4.69, 9.17) is 4.74 Å². The van der Waals surface area contributed by atoms with Gasteiger partial charge in [0.2, 0.25) is 0 Å². The Hall–Kier alpha value is -0.870. The van der Waals surface area contributed by atoms with Crippen molar-refractivity contribution in [2.24, 2.45) is 5.92 Å². The first kappa shape index (κ1) is 11.2. The van der Waals surface area contributed by atoms with Crippen LogP contribution >= 0.6 is 0 Å². The number of hydrogen-bond acceptors (Lipinski definition) is 3. The molecule has 1 atom stereocenters. The van der Waals surface area contributed by atoms with Gasteiger partial charge in [-0.3, -0.25) is 4.68 Å². The number of nitrogens with zero attached hydrogens (tertiary/aromatic N) is 2. The highest BCUT2D eigenvalue weighted by Gasteiger charge is 2.21. The summed E-state index contributed by atoms with van der Waals surface area (Å²) < 4.78 is 8.00. The number of rotatable bonds is 4. The van der Waals surface area contributed by atoms with Gasteiger partial charge in [-0.05, 0) is 24.8 Å². The molecule has 2 heterocycles. The van der Waals surface area contributed by atoms with Gasteiger partial charge in [0.25, 0.3) is 0 Å². The van der Waals surface area contributed by atoms with Crippen LogP contribution in [0.15, 0.2) is 12.3 Å². The van der Waals surface area contributed by atoms with Gasteiger partial charge in [0.05, 0.1) is 18.3 Å². The predicted molar refractivity (Wildman–Crippen MR) is 65.7 cm³/mol. The molecule has 3 rings (SSSR count). The van der Waals surface area contributed by atoms with E-state index in [1.807, 2.05) is 6.20 Å². The summed E-state index contributed by atoms with van der Waals surface area (Å²) in [5, 5.41) is 7.80. The maximum Gasteiger partial charge on any atom is 0.0880 e. The second kappa shape index (κ2) is 5.19. The van der Waals surface area contributed by atoms with Crippen molar-refractivity contribution in [2.75, 3.05) is 19.8 Å². The molecule has 1 saturated carbocycles. The lowest BCUT2D eigenvalue weighted by Crippen LogP contribution is -2.36. The van der Waals surface area contributed by atoms with Crippen LogP contribution in [0.25, 0.3) is 0 Å². The summed E-state index contributed by atoms with van der Waals surface area (Å²) in [6.07, 6.45) is 7.38. The van der Waals surface area contributed by atoms with Crippen LogP contribution in [-0.4, -0.2) is 29.5 Å². The molecule has 4 heteroatoms. The molecule has 94 valence electrons. The van der Waals surface area contributed by atoms with Crippen molar-refractivity contribution >= 4 is 0 Å². The molecule has 0 amide bonds. The van der Waals surface area contributed by atoms with E-state index in [0.717, 1.165) is 32.2 Å². The van der Waals surface area contributed by atoms with Gasteiger partial charge in [0, 0.05) is 25.9 Å². The summed E-state index contributed by atoms with van der Waals surface area (Å²) in [6.45, 7) is 3.63. The van der Waals surface area contributed by atoms with E-state index < -0.39 is 0 Å². The van der Waals surface area contributed by atoms with Crippen LogP contribution in [0.3, 0.4) is 0 Å². The minimum atomic E-state index is 0.371. The average Bonchev–Trinajstić information content (AvgIpc) is 2.99. The molecule has 2 aliphatic rings. The summed E-state index contributed by atoms with van der Waals surface area (Å²) in [6, 6.07) is 2.45. The van der Waals surface area contributed by atoms with Gasteiger partial charge in [0.1, 0.15) is 0 Å². The molecule has 1 aliphatic carbocycles. The van der Waals surface area contributed by atoms with Gasteiger partial charge in [-0.1, -0.05) is 12.8 Å². The lowest BCUT2D eigenvalue weighted by atomic mass is 10.1. The van der Waals surface area contributed by atoms with Gasteiger partial charge in [-0.2, -0.15) is 5.10 Å². The third-order valence-electron chi connectivity index (χ3n) is 3.92. The Morgan fingerprint density at radius 1 is 1.35 bits per heavy atom. The van der Waals surface area contributed by atoms with Crippen molar-refractivity contribution in [1.29, 1.82) is 0 Å². The van der Waals surface area contributed by atoms with Crippen molar-refractivity contribution in [1.82, 2.24) is 15.1 Å². The van der Waals surface area contributed by atoms with E-state index in [-0.39, 0.29) is 0 Å². The highest BCUT2D eigenvalue weighted by Crippen LogP contribution is 2.25. The number of nitrogens with one attached hydrogen (secondary N) is 1. The fraction of sp³-hybridized carbons (Fsp3) is 0.769. The molecule has 0 radical (unpaired) electrons. The van der Waals surface area contributed by atoms with Crippen molar-refractivity contribution in [3.05, 3.63) is 18.0 Å². The topological polar surface area (TPSA) is 39.1 Å². The molecule has 0 aromatic carbocycles. The molecule has 0 bridgehead atoms. The van der Waals surface area contributed by atoms with Crippen molar-refractivity contribution in [2.45, 2.75) is 38.3 Å². The fourth-order valence-corrected chi connectivity index (χ4v) is 2.94. The Kier molecular flexibility index (Phi) is 3.43. The van der Waals surface area contributed by atoms with Crippen LogP contribution < -0.4 is 5.32 Å². The Morgan fingerprint density at radius 3 is 3.12 bits per heavy atom. The van der Waals surface area contributed by atoms with Crippen LogP contribution in [0.1, 0.15) is 37.4 Å². The first-order chi connectivity index (χ1) is 8.43.